The summed E-state index contributed by atoms with van der Waals surface area (Å²) in [6, 6.07) is 5.98. The van der Waals surface area contributed by atoms with Crippen LogP contribution in [0.3, 0.4) is 0 Å². The van der Waals surface area contributed by atoms with Crippen molar-refractivity contribution in [2.75, 3.05) is 17.8 Å². The maximum atomic E-state index is 14.3. The van der Waals surface area contributed by atoms with Gasteiger partial charge in [0.2, 0.25) is 0 Å². The van der Waals surface area contributed by atoms with Crippen LogP contribution in [0.4, 0.5) is 14.5 Å². The van der Waals surface area contributed by atoms with Crippen molar-refractivity contribution in [3.8, 4) is 0 Å². The summed E-state index contributed by atoms with van der Waals surface area (Å²) in [7, 11) is -4.28. The van der Waals surface area contributed by atoms with E-state index in [2.05, 4.69) is 23.9 Å². The zero-order chi connectivity index (χ0) is 24.3. The first-order chi connectivity index (χ1) is 16.0. The van der Waals surface area contributed by atoms with E-state index in [-0.39, 0.29) is 11.2 Å². The lowest BCUT2D eigenvalue weighted by molar-refractivity contribution is -0.125. The minimum absolute atomic E-state index is 0.0641. The van der Waals surface area contributed by atoms with Gasteiger partial charge in [-0.25, -0.2) is 17.2 Å². The first-order valence-electron chi connectivity index (χ1n) is 11.9. The zero-order valence-corrected chi connectivity index (χ0v) is 20.3. The third-order valence-electron chi connectivity index (χ3n) is 8.19. The molecule has 1 heterocycles. The largest absolute Gasteiger partial charge is 0.316 e. The van der Waals surface area contributed by atoms with Crippen LogP contribution in [0.2, 0.25) is 0 Å². The van der Waals surface area contributed by atoms with E-state index in [1.54, 1.807) is 12.1 Å². The van der Waals surface area contributed by atoms with Gasteiger partial charge < -0.3 is 5.32 Å². The van der Waals surface area contributed by atoms with Gasteiger partial charge in [-0.3, -0.25) is 9.52 Å². The van der Waals surface area contributed by atoms with Crippen LogP contribution in [0.5, 0.6) is 0 Å². The first kappa shape index (κ1) is 23.4. The number of halogens is 2. The SMILES string of the molecule is CC1(C)CNCCC1Cc1cc(NS(=O)(=O)c2ccc(F)cc2F)cc2c1CC(=O)C21CCC1. The summed E-state index contributed by atoms with van der Waals surface area (Å²) < 4.78 is 56.1. The van der Waals surface area contributed by atoms with Gasteiger partial charge in [-0.1, -0.05) is 20.3 Å². The molecule has 1 unspecified atom stereocenters. The Morgan fingerprint density at radius 2 is 1.91 bits per heavy atom. The third kappa shape index (κ3) is 3.85. The van der Waals surface area contributed by atoms with Crippen LogP contribution < -0.4 is 10.0 Å². The number of carbonyl (C=O) groups excluding carboxylic acids is 1. The van der Waals surface area contributed by atoms with Crippen LogP contribution >= 0.6 is 0 Å². The van der Waals surface area contributed by atoms with Crippen LogP contribution in [-0.2, 0) is 33.1 Å². The van der Waals surface area contributed by atoms with Gasteiger partial charge in [-0.05, 0) is 84.5 Å². The summed E-state index contributed by atoms with van der Waals surface area (Å²) >= 11 is 0. The van der Waals surface area contributed by atoms with E-state index in [1.807, 2.05) is 0 Å². The highest BCUT2D eigenvalue weighted by atomic mass is 32.2. The Morgan fingerprint density at radius 1 is 1.15 bits per heavy atom. The molecule has 1 saturated heterocycles. The standard InChI is InChI=1S/C26H30F2N2O3S/c1-25(2)15-29-9-6-17(25)10-16-11-19(13-21-20(16)14-24(31)26(21)7-3-8-26)30-34(32,33)23-5-4-18(27)12-22(23)28/h4-5,11-13,17,29-30H,3,6-10,14-15H2,1-2H3. The molecule has 0 amide bonds. The Morgan fingerprint density at radius 3 is 2.56 bits per heavy atom. The molecule has 5 rings (SSSR count). The van der Waals surface area contributed by atoms with Crippen molar-refractivity contribution in [1.29, 1.82) is 0 Å². The first-order valence-corrected chi connectivity index (χ1v) is 13.4. The van der Waals surface area contributed by atoms with Gasteiger partial charge in [0.1, 0.15) is 22.3 Å². The van der Waals surface area contributed by atoms with Gasteiger partial charge in [0, 0.05) is 24.7 Å². The van der Waals surface area contributed by atoms with Gasteiger partial charge in [0.15, 0.2) is 0 Å². The number of Topliss-reactive ketones (excluding diaryl/α,β-unsaturated/α-hetero) is 1. The van der Waals surface area contributed by atoms with E-state index in [0.717, 1.165) is 74.0 Å². The maximum Gasteiger partial charge on any atom is 0.264 e. The van der Waals surface area contributed by atoms with Crippen LogP contribution in [0.25, 0.3) is 0 Å². The van der Waals surface area contributed by atoms with Crippen molar-refractivity contribution in [3.05, 3.63) is 58.7 Å². The van der Waals surface area contributed by atoms with Crippen LogP contribution in [0.15, 0.2) is 35.2 Å². The molecule has 182 valence electrons. The Bertz CT molecular complexity index is 1270. The molecule has 0 bridgehead atoms. The monoisotopic (exact) mass is 488 g/mol. The summed E-state index contributed by atoms with van der Waals surface area (Å²) in [4.78, 5) is 12.5. The molecule has 1 atom stereocenters. The molecule has 8 heteroatoms. The molecule has 1 saturated carbocycles. The summed E-state index contributed by atoms with van der Waals surface area (Å²) in [5, 5.41) is 3.44. The molecule has 5 nitrogen and oxygen atoms in total. The summed E-state index contributed by atoms with van der Waals surface area (Å²) in [5.41, 5.74) is 2.82. The normalized spacial score (nSPS) is 22.9. The number of anilines is 1. The number of hydrogen-bond acceptors (Lipinski definition) is 4. The molecular weight excluding hydrogens is 458 g/mol. The second kappa shape index (κ2) is 8.12. The highest BCUT2D eigenvalue weighted by Crippen LogP contribution is 2.52. The predicted molar refractivity (Wildman–Crippen MR) is 126 cm³/mol. The topological polar surface area (TPSA) is 75.3 Å². The number of piperidine rings is 1. The highest BCUT2D eigenvalue weighted by Gasteiger charge is 2.51. The Kier molecular flexibility index (Phi) is 5.60. The van der Waals surface area contributed by atoms with Crippen molar-refractivity contribution in [1.82, 2.24) is 5.32 Å². The van der Waals surface area contributed by atoms with E-state index < -0.39 is 32.0 Å². The molecule has 1 aliphatic heterocycles. The number of nitrogens with one attached hydrogen (secondary N) is 2. The minimum atomic E-state index is -4.28. The quantitative estimate of drug-likeness (QED) is 0.650. The summed E-state index contributed by atoms with van der Waals surface area (Å²) in [6.45, 7) is 6.28. The number of hydrogen-bond donors (Lipinski definition) is 2. The lowest BCUT2D eigenvalue weighted by Crippen LogP contribution is -2.43. The van der Waals surface area contributed by atoms with Crippen molar-refractivity contribution < 1.29 is 22.0 Å². The molecule has 0 radical (unpaired) electrons. The van der Waals surface area contributed by atoms with Crippen molar-refractivity contribution >= 4 is 21.5 Å². The van der Waals surface area contributed by atoms with Gasteiger partial charge in [-0.15, -0.1) is 0 Å². The van der Waals surface area contributed by atoms with E-state index in [4.69, 9.17) is 0 Å². The maximum absolute atomic E-state index is 14.3. The molecule has 2 N–H and O–H groups in total. The second-order valence-corrected chi connectivity index (χ2v) is 12.4. The second-order valence-electron chi connectivity index (χ2n) is 10.7. The van der Waals surface area contributed by atoms with Gasteiger partial charge in [0.05, 0.1) is 5.41 Å². The van der Waals surface area contributed by atoms with Crippen molar-refractivity contribution in [2.45, 2.75) is 62.7 Å². The average molecular weight is 489 g/mol. The lowest BCUT2D eigenvalue weighted by Gasteiger charge is -2.40. The minimum Gasteiger partial charge on any atom is -0.316 e. The number of sulfonamides is 1. The van der Waals surface area contributed by atoms with Crippen LogP contribution in [0.1, 0.15) is 56.2 Å². The third-order valence-corrected chi connectivity index (χ3v) is 9.61. The summed E-state index contributed by atoms with van der Waals surface area (Å²) in [6.07, 6.45) is 4.66. The molecule has 0 aromatic heterocycles. The van der Waals surface area contributed by atoms with E-state index in [0.29, 0.717) is 24.1 Å². The Hall–Kier alpha value is -2.32. The van der Waals surface area contributed by atoms with Gasteiger partial charge >= 0.3 is 0 Å². The van der Waals surface area contributed by atoms with Crippen LogP contribution in [-0.4, -0.2) is 27.3 Å². The number of rotatable bonds is 5. The molecule has 2 aromatic carbocycles. The molecule has 2 aromatic rings. The zero-order valence-electron chi connectivity index (χ0n) is 19.5. The smallest absolute Gasteiger partial charge is 0.264 e. The molecule has 3 aliphatic rings. The number of carbonyl (C=O) groups is 1. The van der Waals surface area contributed by atoms with Gasteiger partial charge in [-0.2, -0.15) is 0 Å². The fourth-order valence-electron chi connectivity index (χ4n) is 5.94. The van der Waals surface area contributed by atoms with E-state index >= 15 is 0 Å². The molecular formula is C26H30F2N2O3S. The number of benzene rings is 2. The van der Waals surface area contributed by atoms with Gasteiger partial charge in [0.25, 0.3) is 10.0 Å². The van der Waals surface area contributed by atoms with E-state index in [9.17, 15) is 22.0 Å². The molecule has 34 heavy (non-hydrogen) atoms. The highest BCUT2D eigenvalue weighted by molar-refractivity contribution is 7.92. The lowest BCUT2D eigenvalue weighted by atomic mass is 9.64. The Balaban J connectivity index is 1.56. The Labute approximate surface area is 199 Å². The fraction of sp³-hybridized carbons (Fsp3) is 0.500. The van der Waals surface area contributed by atoms with Crippen LogP contribution in [0, 0.1) is 23.0 Å². The van der Waals surface area contributed by atoms with Crippen molar-refractivity contribution in [3.63, 3.8) is 0 Å². The number of fused-ring (bicyclic) bond motifs is 2. The van der Waals surface area contributed by atoms with Crippen molar-refractivity contribution in [2.24, 2.45) is 11.3 Å². The molecule has 2 fully saturated rings. The predicted octanol–water partition coefficient (Wildman–Crippen LogP) is 4.49. The molecule has 1 spiro atoms. The van der Waals surface area contributed by atoms with E-state index in [1.165, 1.54) is 0 Å². The average Bonchev–Trinajstić information content (AvgIpc) is 3.01. The number of ketones is 1. The fourth-order valence-corrected chi connectivity index (χ4v) is 7.04. The summed E-state index contributed by atoms with van der Waals surface area (Å²) in [5.74, 6) is -1.39. The molecule has 2 aliphatic carbocycles.